The number of benzene rings is 3. The molecule has 0 aliphatic heterocycles. The van der Waals surface area contributed by atoms with Crippen LogP contribution in [0.2, 0.25) is 5.02 Å². The third kappa shape index (κ3) is 8.05. The van der Waals surface area contributed by atoms with Crippen LogP contribution in [0, 0.1) is 6.92 Å². The van der Waals surface area contributed by atoms with Crippen molar-refractivity contribution in [1.82, 2.24) is 5.32 Å². The highest BCUT2D eigenvalue weighted by atomic mass is 35.5. The lowest BCUT2D eigenvalue weighted by atomic mass is 10.2. The maximum absolute atomic E-state index is 13.7. The Kier molecular flexibility index (Phi) is 10.5. The van der Waals surface area contributed by atoms with E-state index in [1.165, 1.54) is 26.4 Å². The highest BCUT2D eigenvalue weighted by molar-refractivity contribution is 7.98. The first-order valence-electron chi connectivity index (χ1n) is 11.6. The van der Waals surface area contributed by atoms with Crippen molar-refractivity contribution in [1.29, 1.82) is 0 Å². The highest BCUT2D eigenvalue weighted by Crippen LogP contribution is 2.35. The molecule has 0 saturated heterocycles. The molecule has 0 saturated carbocycles. The number of carbonyl (C=O) groups is 1. The molecule has 3 aromatic carbocycles. The fourth-order valence-corrected chi connectivity index (χ4v) is 6.08. The molecule has 10 heteroatoms. The zero-order valence-electron chi connectivity index (χ0n) is 21.1. The minimum Gasteiger partial charge on any atom is -0.497 e. The molecule has 7 nitrogen and oxygen atoms in total. The summed E-state index contributed by atoms with van der Waals surface area (Å²) >= 11 is 7.77. The van der Waals surface area contributed by atoms with Gasteiger partial charge >= 0.3 is 0 Å². The normalized spacial score (nSPS) is 11.1. The summed E-state index contributed by atoms with van der Waals surface area (Å²) in [5.74, 6) is 1.99. The first-order valence-corrected chi connectivity index (χ1v) is 14.6. The van der Waals surface area contributed by atoms with Crippen molar-refractivity contribution in [3.05, 3.63) is 82.9 Å². The van der Waals surface area contributed by atoms with Gasteiger partial charge in [-0.3, -0.25) is 9.10 Å². The van der Waals surface area contributed by atoms with Crippen LogP contribution in [-0.4, -0.2) is 47.4 Å². The maximum Gasteiger partial charge on any atom is 0.264 e. The molecule has 0 atom stereocenters. The number of methoxy groups -OCH3 is 2. The zero-order valence-corrected chi connectivity index (χ0v) is 23.5. The number of aryl methyl sites for hydroxylation is 1. The molecular formula is C27H31ClN2O5S2. The average molecular weight is 563 g/mol. The monoisotopic (exact) mass is 562 g/mol. The Morgan fingerprint density at radius 3 is 2.46 bits per heavy atom. The molecule has 0 unspecified atom stereocenters. The Hall–Kier alpha value is -2.88. The number of anilines is 1. The van der Waals surface area contributed by atoms with Gasteiger partial charge in [0.15, 0.2) is 0 Å². The Morgan fingerprint density at radius 2 is 1.78 bits per heavy atom. The summed E-state index contributed by atoms with van der Waals surface area (Å²) in [7, 11) is -1.14. The average Bonchev–Trinajstić information content (AvgIpc) is 2.89. The standard InChI is InChI=1S/C27H31ClN2O5S2/c1-20-8-11-24(12-9-20)37(32,33)30(25-17-23(34-2)10-13-26(25)35-3)18-27(31)29-14-5-15-36-19-21-6-4-7-22(28)16-21/h4,6-13,16-17H,5,14-15,18-19H2,1-3H3,(H,29,31). The van der Waals surface area contributed by atoms with E-state index in [-0.39, 0.29) is 10.6 Å². The number of hydrogen-bond acceptors (Lipinski definition) is 6. The van der Waals surface area contributed by atoms with Gasteiger partial charge in [-0.15, -0.1) is 0 Å². The van der Waals surface area contributed by atoms with Gasteiger partial charge in [-0.05, 0) is 61.1 Å². The molecule has 3 aromatic rings. The van der Waals surface area contributed by atoms with Crippen molar-refractivity contribution in [2.45, 2.75) is 24.0 Å². The van der Waals surface area contributed by atoms with E-state index in [2.05, 4.69) is 5.32 Å². The zero-order chi connectivity index (χ0) is 26.8. The largest absolute Gasteiger partial charge is 0.497 e. The van der Waals surface area contributed by atoms with Crippen molar-refractivity contribution in [2.24, 2.45) is 0 Å². The molecule has 0 aliphatic rings. The first kappa shape index (κ1) is 28.7. The topological polar surface area (TPSA) is 84.9 Å². The second-order valence-electron chi connectivity index (χ2n) is 8.25. The van der Waals surface area contributed by atoms with E-state index in [4.69, 9.17) is 21.1 Å². The third-order valence-electron chi connectivity index (χ3n) is 5.50. The Labute approximate surface area is 228 Å². The van der Waals surface area contributed by atoms with E-state index in [0.29, 0.717) is 23.1 Å². The molecule has 37 heavy (non-hydrogen) atoms. The summed E-state index contributed by atoms with van der Waals surface area (Å²) in [5, 5.41) is 3.55. The number of rotatable bonds is 13. The second-order valence-corrected chi connectivity index (χ2v) is 11.7. The van der Waals surface area contributed by atoms with Crippen LogP contribution in [0.1, 0.15) is 17.5 Å². The van der Waals surface area contributed by atoms with Gasteiger partial charge in [0.1, 0.15) is 18.0 Å². The third-order valence-corrected chi connectivity index (χ3v) is 8.62. The summed E-state index contributed by atoms with van der Waals surface area (Å²) in [6.07, 6.45) is 0.740. The van der Waals surface area contributed by atoms with E-state index >= 15 is 0 Å². The number of nitrogens with zero attached hydrogens (tertiary/aromatic N) is 1. The molecule has 0 bridgehead atoms. The molecule has 0 spiro atoms. The second kappa shape index (κ2) is 13.6. The lowest BCUT2D eigenvalue weighted by Gasteiger charge is -2.26. The summed E-state index contributed by atoms with van der Waals surface area (Å²) in [6.45, 7) is 1.89. The summed E-state index contributed by atoms with van der Waals surface area (Å²) in [6, 6.07) is 19.0. The number of hydrogen-bond donors (Lipinski definition) is 1. The Balaban J connectivity index is 1.69. The van der Waals surface area contributed by atoms with Crippen molar-refractivity contribution in [2.75, 3.05) is 37.4 Å². The predicted octanol–water partition coefficient (Wildman–Crippen LogP) is 5.30. The molecule has 0 radical (unpaired) electrons. The van der Waals surface area contributed by atoms with Crippen LogP contribution < -0.4 is 19.1 Å². The summed E-state index contributed by atoms with van der Waals surface area (Å²) in [4.78, 5) is 13.0. The quantitative estimate of drug-likeness (QED) is 0.285. The molecule has 198 valence electrons. The fraction of sp³-hybridized carbons (Fsp3) is 0.296. The minimum absolute atomic E-state index is 0.0770. The van der Waals surface area contributed by atoms with Gasteiger partial charge in [-0.2, -0.15) is 11.8 Å². The summed E-state index contributed by atoms with van der Waals surface area (Å²) in [5.41, 5.74) is 2.29. The fourth-order valence-electron chi connectivity index (χ4n) is 3.53. The first-order chi connectivity index (χ1) is 17.7. The van der Waals surface area contributed by atoms with Crippen LogP contribution in [0.25, 0.3) is 0 Å². The van der Waals surface area contributed by atoms with E-state index < -0.39 is 22.5 Å². The number of thioether (sulfide) groups is 1. The van der Waals surface area contributed by atoms with Crippen molar-refractivity contribution >= 4 is 45.0 Å². The van der Waals surface area contributed by atoms with Gasteiger partial charge in [0, 0.05) is 23.4 Å². The Morgan fingerprint density at radius 1 is 1.03 bits per heavy atom. The van der Waals surface area contributed by atoms with Crippen LogP contribution in [-0.2, 0) is 20.6 Å². The number of ether oxygens (including phenoxy) is 2. The highest BCUT2D eigenvalue weighted by Gasteiger charge is 2.30. The summed E-state index contributed by atoms with van der Waals surface area (Å²) < 4.78 is 39.1. The predicted molar refractivity (Wildman–Crippen MR) is 150 cm³/mol. The van der Waals surface area contributed by atoms with Crippen LogP contribution in [0.15, 0.2) is 71.6 Å². The van der Waals surface area contributed by atoms with Gasteiger partial charge in [-0.1, -0.05) is 41.4 Å². The molecule has 0 aromatic heterocycles. The smallest absolute Gasteiger partial charge is 0.264 e. The number of amides is 1. The minimum atomic E-state index is -4.07. The lowest BCUT2D eigenvalue weighted by Crippen LogP contribution is -2.41. The lowest BCUT2D eigenvalue weighted by molar-refractivity contribution is -0.119. The molecule has 0 aliphatic carbocycles. The Bertz CT molecular complexity index is 1300. The van der Waals surface area contributed by atoms with Crippen molar-refractivity contribution in [3.8, 4) is 11.5 Å². The molecule has 0 heterocycles. The number of carbonyl (C=O) groups excluding carboxylic acids is 1. The van der Waals surface area contributed by atoms with Crippen molar-refractivity contribution < 1.29 is 22.7 Å². The molecular weight excluding hydrogens is 532 g/mol. The number of sulfonamides is 1. The molecule has 1 amide bonds. The van der Waals surface area contributed by atoms with Gasteiger partial charge in [-0.25, -0.2) is 8.42 Å². The van der Waals surface area contributed by atoms with E-state index in [1.54, 1.807) is 42.1 Å². The van der Waals surface area contributed by atoms with E-state index in [0.717, 1.165) is 33.4 Å². The SMILES string of the molecule is COc1ccc(OC)c(N(CC(=O)NCCCSCc2cccc(Cl)c2)S(=O)(=O)c2ccc(C)cc2)c1. The van der Waals surface area contributed by atoms with Gasteiger partial charge in [0.05, 0.1) is 24.8 Å². The van der Waals surface area contributed by atoms with Gasteiger partial charge < -0.3 is 14.8 Å². The van der Waals surface area contributed by atoms with E-state index in [9.17, 15) is 13.2 Å². The molecule has 3 rings (SSSR count). The van der Waals surface area contributed by atoms with Crippen LogP contribution in [0.4, 0.5) is 5.69 Å². The molecule has 1 N–H and O–H groups in total. The van der Waals surface area contributed by atoms with Gasteiger partial charge in [0.25, 0.3) is 10.0 Å². The maximum atomic E-state index is 13.7. The van der Waals surface area contributed by atoms with Gasteiger partial charge in [0.2, 0.25) is 5.91 Å². The van der Waals surface area contributed by atoms with E-state index in [1.807, 2.05) is 31.2 Å². The number of halogens is 1. The van der Waals surface area contributed by atoms with Crippen LogP contribution in [0.5, 0.6) is 11.5 Å². The number of nitrogens with one attached hydrogen (secondary N) is 1. The molecule has 0 fully saturated rings. The van der Waals surface area contributed by atoms with Crippen LogP contribution >= 0.6 is 23.4 Å². The van der Waals surface area contributed by atoms with Crippen LogP contribution in [0.3, 0.4) is 0 Å². The van der Waals surface area contributed by atoms with Crippen molar-refractivity contribution in [3.63, 3.8) is 0 Å².